The molecule has 0 saturated heterocycles. The molecule has 1 rings (SSSR count). The monoisotopic (exact) mass is 282 g/mol. The summed E-state index contributed by atoms with van der Waals surface area (Å²) in [5.74, 6) is -1.38. The lowest BCUT2D eigenvalue weighted by Crippen LogP contribution is -2.07. The van der Waals surface area contributed by atoms with Gasteiger partial charge in [0.1, 0.15) is 17.9 Å². The molecule has 76 valence electrons. The van der Waals surface area contributed by atoms with Gasteiger partial charge in [-0.15, -0.1) is 11.6 Å². The second-order valence-corrected chi connectivity index (χ2v) is 4.12. The summed E-state index contributed by atoms with van der Waals surface area (Å²) in [6, 6.07) is 1.89. The largest absolute Gasteiger partial charge is 0.302 e. The molecule has 0 aliphatic carbocycles. The number of halogens is 4. The Morgan fingerprint density at radius 2 is 2.14 bits per heavy atom. The zero-order valence-corrected chi connectivity index (χ0v) is 9.28. The van der Waals surface area contributed by atoms with Gasteiger partial charge in [-0.2, -0.15) is 0 Å². The van der Waals surface area contributed by atoms with Gasteiger partial charge in [-0.05, 0) is 12.5 Å². The van der Waals surface area contributed by atoms with Gasteiger partial charge in [-0.3, -0.25) is 0 Å². The van der Waals surface area contributed by atoms with E-state index in [4.69, 9.17) is 11.6 Å². The number of aldehydes is 1. The fraction of sp³-hybridized carbons (Fsp3) is 0.222. The predicted octanol–water partition coefficient (Wildman–Crippen LogP) is 3.08. The van der Waals surface area contributed by atoms with E-state index in [1.54, 1.807) is 0 Å². The minimum atomic E-state index is -0.800. The van der Waals surface area contributed by atoms with Gasteiger partial charge in [0.15, 0.2) is 0 Å². The van der Waals surface area contributed by atoms with Crippen molar-refractivity contribution < 1.29 is 13.6 Å². The first-order valence-electron chi connectivity index (χ1n) is 3.77. The Morgan fingerprint density at radius 1 is 1.50 bits per heavy atom. The second kappa shape index (κ2) is 4.84. The first-order chi connectivity index (χ1) is 6.54. The Hall–Kier alpha value is -0.480. The summed E-state index contributed by atoms with van der Waals surface area (Å²) in [7, 11) is 0. The zero-order chi connectivity index (χ0) is 10.7. The van der Waals surface area contributed by atoms with E-state index >= 15 is 0 Å². The summed E-state index contributed by atoms with van der Waals surface area (Å²) in [5.41, 5.74) is 0.207. The average Bonchev–Trinajstić information content (AvgIpc) is 2.10. The number of carbonyl (C=O) groups excluding carboxylic acids is 1. The fourth-order valence-corrected chi connectivity index (χ4v) is 1.73. The maximum Gasteiger partial charge on any atom is 0.138 e. The van der Waals surface area contributed by atoms with Crippen molar-refractivity contribution in [3.05, 3.63) is 33.8 Å². The maximum atomic E-state index is 13.2. The molecule has 0 N–H and O–H groups in total. The van der Waals surface area contributed by atoms with Crippen molar-refractivity contribution in [2.45, 2.75) is 11.8 Å². The van der Waals surface area contributed by atoms with E-state index in [2.05, 4.69) is 15.9 Å². The summed E-state index contributed by atoms with van der Waals surface area (Å²) >= 11 is 8.54. The van der Waals surface area contributed by atoms with Gasteiger partial charge in [0.25, 0.3) is 0 Å². The van der Waals surface area contributed by atoms with Gasteiger partial charge < -0.3 is 4.79 Å². The molecule has 0 fully saturated rings. The van der Waals surface area contributed by atoms with Crippen molar-refractivity contribution in [1.82, 2.24) is 0 Å². The van der Waals surface area contributed by atoms with Crippen molar-refractivity contribution in [3.8, 4) is 0 Å². The highest BCUT2D eigenvalue weighted by molar-refractivity contribution is 9.10. The van der Waals surface area contributed by atoms with Crippen molar-refractivity contribution in [2.24, 2.45) is 0 Å². The van der Waals surface area contributed by atoms with E-state index in [0.717, 1.165) is 12.1 Å². The molecule has 0 aliphatic heterocycles. The van der Waals surface area contributed by atoms with Crippen LogP contribution in [0, 0.1) is 11.6 Å². The van der Waals surface area contributed by atoms with E-state index in [9.17, 15) is 13.6 Å². The summed E-state index contributed by atoms with van der Waals surface area (Å²) in [4.78, 5) is 10.3. The summed E-state index contributed by atoms with van der Waals surface area (Å²) < 4.78 is 26.1. The maximum absolute atomic E-state index is 13.2. The summed E-state index contributed by atoms with van der Waals surface area (Å²) in [6.07, 6.45) is 0.550. The molecule has 1 aromatic carbocycles. The van der Waals surface area contributed by atoms with Gasteiger partial charge in [0.05, 0.1) is 5.38 Å². The Balaban J connectivity index is 3.02. The van der Waals surface area contributed by atoms with Crippen molar-refractivity contribution in [3.63, 3.8) is 0 Å². The third-order valence-electron chi connectivity index (χ3n) is 1.65. The molecule has 0 aliphatic rings. The van der Waals surface area contributed by atoms with Crippen molar-refractivity contribution in [2.75, 3.05) is 0 Å². The lowest BCUT2D eigenvalue weighted by atomic mass is 10.1. The number of benzene rings is 1. The molecule has 14 heavy (non-hydrogen) atoms. The smallest absolute Gasteiger partial charge is 0.138 e. The minimum absolute atomic E-state index is 0.0394. The van der Waals surface area contributed by atoms with Gasteiger partial charge >= 0.3 is 0 Å². The second-order valence-electron chi connectivity index (χ2n) is 2.70. The summed E-state index contributed by atoms with van der Waals surface area (Å²) in [6.45, 7) is 0. The quantitative estimate of drug-likeness (QED) is 0.615. The fourth-order valence-electron chi connectivity index (χ4n) is 1.01. The normalized spacial score (nSPS) is 12.6. The molecule has 0 saturated carbocycles. The molecule has 0 bridgehead atoms. The van der Waals surface area contributed by atoms with Crippen molar-refractivity contribution >= 4 is 33.8 Å². The first kappa shape index (κ1) is 11.6. The van der Waals surface area contributed by atoms with E-state index in [-0.39, 0.29) is 16.5 Å². The third kappa shape index (κ3) is 2.75. The van der Waals surface area contributed by atoms with Crippen LogP contribution in [0.5, 0.6) is 0 Å². The topological polar surface area (TPSA) is 17.1 Å². The van der Waals surface area contributed by atoms with Crippen LogP contribution in [0.1, 0.15) is 5.56 Å². The SMILES string of the molecule is O=CC(Cl)Cc1c(F)cc(F)cc1Br. The molecule has 5 heteroatoms. The van der Waals surface area contributed by atoms with Crippen LogP contribution in [-0.2, 0) is 11.2 Å². The third-order valence-corrected chi connectivity index (χ3v) is 2.62. The van der Waals surface area contributed by atoms with Gasteiger partial charge in [0.2, 0.25) is 0 Å². The number of carbonyl (C=O) groups is 1. The van der Waals surface area contributed by atoms with Crippen LogP contribution in [0.25, 0.3) is 0 Å². The predicted molar refractivity (Wildman–Crippen MR) is 53.5 cm³/mol. The van der Waals surface area contributed by atoms with E-state index in [0.29, 0.717) is 6.29 Å². The van der Waals surface area contributed by atoms with Crippen LogP contribution < -0.4 is 0 Å². The molecule has 1 aromatic rings. The van der Waals surface area contributed by atoms with E-state index in [1.165, 1.54) is 0 Å². The van der Waals surface area contributed by atoms with Crippen LogP contribution in [0.3, 0.4) is 0 Å². The zero-order valence-electron chi connectivity index (χ0n) is 6.94. The lowest BCUT2D eigenvalue weighted by molar-refractivity contribution is -0.107. The van der Waals surface area contributed by atoms with Crippen LogP contribution in [-0.4, -0.2) is 11.7 Å². The van der Waals surface area contributed by atoms with Gasteiger partial charge in [-0.1, -0.05) is 15.9 Å². The Morgan fingerprint density at radius 3 is 2.64 bits per heavy atom. The molecule has 1 atom stereocenters. The molecule has 1 unspecified atom stereocenters. The molecule has 0 radical (unpaired) electrons. The van der Waals surface area contributed by atoms with Gasteiger partial charge in [0, 0.05) is 16.1 Å². The van der Waals surface area contributed by atoms with Crippen LogP contribution in [0.2, 0.25) is 0 Å². The number of rotatable bonds is 3. The van der Waals surface area contributed by atoms with Gasteiger partial charge in [-0.25, -0.2) is 8.78 Å². The standard InChI is InChI=1S/C9H6BrClF2O/c10-8-2-6(12)3-9(13)7(8)1-5(11)4-14/h2-5H,1H2. The van der Waals surface area contributed by atoms with Crippen LogP contribution in [0.4, 0.5) is 8.78 Å². The number of hydrogen-bond acceptors (Lipinski definition) is 1. The van der Waals surface area contributed by atoms with Crippen molar-refractivity contribution in [1.29, 1.82) is 0 Å². The molecule has 1 nitrogen and oxygen atoms in total. The molecule has 0 spiro atoms. The van der Waals surface area contributed by atoms with E-state index < -0.39 is 17.0 Å². The molecule has 0 aromatic heterocycles. The first-order valence-corrected chi connectivity index (χ1v) is 5.00. The molecular weight excluding hydrogens is 277 g/mol. The highest BCUT2D eigenvalue weighted by atomic mass is 79.9. The molecule has 0 heterocycles. The average molecular weight is 283 g/mol. The molecule has 0 amide bonds. The Kier molecular flexibility index (Phi) is 4.01. The highest BCUT2D eigenvalue weighted by Gasteiger charge is 2.13. The van der Waals surface area contributed by atoms with E-state index in [1.807, 2.05) is 0 Å². The minimum Gasteiger partial charge on any atom is -0.302 e. The Bertz CT molecular complexity index is 334. The highest BCUT2D eigenvalue weighted by Crippen LogP contribution is 2.23. The summed E-state index contributed by atoms with van der Waals surface area (Å²) in [5, 5.41) is -0.800. The van der Waals surface area contributed by atoms with Crippen LogP contribution in [0.15, 0.2) is 16.6 Å². The molecular formula is C9H6BrClF2O. The number of alkyl halides is 1. The number of hydrogen-bond donors (Lipinski definition) is 0. The Labute approximate surface area is 93.2 Å². The van der Waals surface area contributed by atoms with Crippen LogP contribution >= 0.6 is 27.5 Å². The lowest BCUT2D eigenvalue weighted by Gasteiger charge is -2.06.